The summed E-state index contributed by atoms with van der Waals surface area (Å²) in [6.07, 6.45) is 0. The Morgan fingerprint density at radius 1 is 1.56 bits per heavy atom. The molecule has 1 aromatic carbocycles. The minimum Gasteiger partial charge on any atom is -0.478 e. The first-order valence-electron chi connectivity index (χ1n) is 4.72. The van der Waals surface area contributed by atoms with Crippen molar-refractivity contribution in [3.63, 3.8) is 0 Å². The number of sulfonamides is 1. The molecule has 1 rings (SSSR count). The van der Waals surface area contributed by atoms with Gasteiger partial charge < -0.3 is 5.11 Å². The fourth-order valence-electron chi connectivity index (χ4n) is 1.09. The molecular formula is C10H9ClN2O4S. The first kappa shape index (κ1) is 14.3. The normalized spacial score (nSPS) is 12.5. The van der Waals surface area contributed by atoms with E-state index in [4.69, 9.17) is 22.0 Å². The highest BCUT2D eigenvalue weighted by Crippen LogP contribution is 2.22. The maximum Gasteiger partial charge on any atom is 0.337 e. The predicted molar refractivity (Wildman–Crippen MR) is 66.0 cm³/mol. The van der Waals surface area contributed by atoms with E-state index in [1.54, 1.807) is 6.07 Å². The average Bonchev–Trinajstić information content (AvgIpc) is 2.29. The first-order chi connectivity index (χ1) is 8.27. The van der Waals surface area contributed by atoms with E-state index in [1.165, 1.54) is 19.1 Å². The quantitative estimate of drug-likeness (QED) is 0.876. The number of hydrogen-bond donors (Lipinski definition) is 2. The smallest absolute Gasteiger partial charge is 0.337 e. The van der Waals surface area contributed by atoms with Crippen LogP contribution in [-0.4, -0.2) is 24.7 Å². The number of hydrogen-bond acceptors (Lipinski definition) is 4. The maximum atomic E-state index is 11.6. The van der Waals surface area contributed by atoms with Gasteiger partial charge in [-0.2, -0.15) is 5.26 Å². The van der Waals surface area contributed by atoms with Crippen LogP contribution in [0.15, 0.2) is 18.2 Å². The molecule has 0 aromatic heterocycles. The van der Waals surface area contributed by atoms with Crippen molar-refractivity contribution in [1.82, 2.24) is 0 Å². The van der Waals surface area contributed by atoms with Crippen LogP contribution >= 0.6 is 11.6 Å². The summed E-state index contributed by atoms with van der Waals surface area (Å²) in [4.78, 5) is 10.9. The lowest BCUT2D eigenvalue weighted by Gasteiger charge is -2.11. The molecule has 0 spiro atoms. The first-order valence-corrected chi connectivity index (χ1v) is 6.64. The number of carbonyl (C=O) groups is 1. The summed E-state index contributed by atoms with van der Waals surface area (Å²) in [5.74, 6) is -1.32. The third kappa shape index (κ3) is 3.12. The summed E-state index contributed by atoms with van der Waals surface area (Å²) in [6.45, 7) is 1.19. The molecule has 0 aliphatic carbocycles. The molecule has 0 aliphatic rings. The van der Waals surface area contributed by atoms with Gasteiger partial charge >= 0.3 is 5.97 Å². The Morgan fingerprint density at radius 2 is 2.17 bits per heavy atom. The van der Waals surface area contributed by atoms with Gasteiger partial charge in [-0.15, -0.1) is 0 Å². The standard InChI is InChI=1S/C10H9ClN2O4S/c1-6(5-12)18(16,17)13-9-3-2-7(11)4-8(9)10(14)15/h2-4,6,13H,1H3,(H,14,15). The summed E-state index contributed by atoms with van der Waals surface area (Å²) in [5, 5.41) is 16.4. The van der Waals surface area contributed by atoms with Crippen molar-refractivity contribution < 1.29 is 18.3 Å². The summed E-state index contributed by atoms with van der Waals surface area (Å²) >= 11 is 5.63. The summed E-state index contributed by atoms with van der Waals surface area (Å²) < 4.78 is 25.3. The number of aromatic carboxylic acids is 1. The van der Waals surface area contributed by atoms with Crippen molar-refractivity contribution in [3.8, 4) is 6.07 Å². The van der Waals surface area contributed by atoms with Gasteiger partial charge in [-0.1, -0.05) is 11.6 Å². The van der Waals surface area contributed by atoms with Crippen LogP contribution in [0.4, 0.5) is 5.69 Å². The Kier molecular flexibility index (Phi) is 4.16. The van der Waals surface area contributed by atoms with Gasteiger partial charge in [-0.25, -0.2) is 13.2 Å². The van der Waals surface area contributed by atoms with Gasteiger partial charge in [-0.3, -0.25) is 4.72 Å². The van der Waals surface area contributed by atoms with Crippen LogP contribution in [0.5, 0.6) is 0 Å². The van der Waals surface area contributed by atoms with Crippen molar-refractivity contribution in [3.05, 3.63) is 28.8 Å². The summed E-state index contributed by atoms with van der Waals surface area (Å²) in [5.41, 5.74) is -0.412. The van der Waals surface area contributed by atoms with Gasteiger partial charge in [0, 0.05) is 5.02 Å². The van der Waals surface area contributed by atoms with E-state index < -0.39 is 21.2 Å². The van der Waals surface area contributed by atoms with Crippen molar-refractivity contribution in [1.29, 1.82) is 5.26 Å². The zero-order valence-electron chi connectivity index (χ0n) is 9.21. The van der Waals surface area contributed by atoms with E-state index in [-0.39, 0.29) is 16.3 Å². The number of nitriles is 1. The third-order valence-electron chi connectivity index (χ3n) is 2.11. The molecule has 0 aliphatic heterocycles. The fourth-order valence-corrected chi connectivity index (χ4v) is 2.07. The Balaban J connectivity index is 3.21. The topological polar surface area (TPSA) is 107 Å². The van der Waals surface area contributed by atoms with E-state index in [2.05, 4.69) is 4.72 Å². The van der Waals surface area contributed by atoms with Gasteiger partial charge in [0.15, 0.2) is 5.25 Å². The number of carboxylic acid groups (broad SMARTS) is 1. The molecule has 1 unspecified atom stereocenters. The number of benzene rings is 1. The minimum absolute atomic E-state index is 0.131. The molecule has 0 saturated heterocycles. The van der Waals surface area contributed by atoms with Crippen LogP contribution in [0.25, 0.3) is 0 Å². The highest BCUT2D eigenvalue weighted by molar-refractivity contribution is 7.93. The number of carboxylic acids is 1. The van der Waals surface area contributed by atoms with Gasteiger partial charge in [0.05, 0.1) is 17.3 Å². The molecule has 18 heavy (non-hydrogen) atoms. The molecule has 1 aromatic rings. The second-order valence-corrected chi connectivity index (χ2v) is 5.85. The van der Waals surface area contributed by atoms with Crippen molar-refractivity contribution >= 4 is 33.3 Å². The molecule has 6 nitrogen and oxygen atoms in total. The van der Waals surface area contributed by atoms with Crippen LogP contribution in [0, 0.1) is 11.3 Å². The fraction of sp³-hybridized carbons (Fsp3) is 0.200. The maximum absolute atomic E-state index is 11.6. The third-order valence-corrected chi connectivity index (χ3v) is 3.89. The van der Waals surface area contributed by atoms with E-state index in [9.17, 15) is 13.2 Å². The van der Waals surface area contributed by atoms with Crippen LogP contribution in [0.3, 0.4) is 0 Å². The van der Waals surface area contributed by atoms with Crippen LogP contribution in [0.1, 0.15) is 17.3 Å². The molecule has 0 bridgehead atoms. The molecule has 2 N–H and O–H groups in total. The Bertz CT molecular complexity index is 621. The Morgan fingerprint density at radius 3 is 2.67 bits per heavy atom. The number of nitrogens with one attached hydrogen (secondary N) is 1. The van der Waals surface area contributed by atoms with Gasteiger partial charge in [0.25, 0.3) is 0 Å². The second-order valence-electron chi connectivity index (χ2n) is 3.41. The molecule has 96 valence electrons. The van der Waals surface area contributed by atoms with Gasteiger partial charge in [0.1, 0.15) is 0 Å². The summed E-state index contributed by atoms with van der Waals surface area (Å²) in [7, 11) is -3.95. The SMILES string of the molecule is CC(C#N)S(=O)(=O)Nc1ccc(Cl)cc1C(=O)O. The van der Waals surface area contributed by atoms with Crippen molar-refractivity contribution in [2.45, 2.75) is 12.2 Å². The van der Waals surface area contributed by atoms with E-state index >= 15 is 0 Å². The molecule has 8 heteroatoms. The van der Waals surface area contributed by atoms with Crippen molar-refractivity contribution in [2.75, 3.05) is 4.72 Å². The number of anilines is 1. The zero-order valence-corrected chi connectivity index (χ0v) is 10.8. The predicted octanol–water partition coefficient (Wildman–Crippen LogP) is 1.69. The Hall–Kier alpha value is -1.78. The van der Waals surface area contributed by atoms with Crippen LogP contribution in [0.2, 0.25) is 5.02 Å². The largest absolute Gasteiger partial charge is 0.478 e. The van der Waals surface area contributed by atoms with E-state index in [0.717, 1.165) is 6.07 Å². The van der Waals surface area contributed by atoms with Gasteiger partial charge in [-0.05, 0) is 25.1 Å². The minimum atomic E-state index is -3.95. The molecule has 0 radical (unpaired) electrons. The van der Waals surface area contributed by atoms with E-state index in [0.29, 0.717) is 0 Å². The van der Waals surface area contributed by atoms with Gasteiger partial charge in [0.2, 0.25) is 10.0 Å². The molecule has 0 heterocycles. The monoisotopic (exact) mass is 288 g/mol. The number of nitrogens with zero attached hydrogens (tertiary/aromatic N) is 1. The number of halogens is 1. The second kappa shape index (κ2) is 5.25. The van der Waals surface area contributed by atoms with Crippen LogP contribution in [-0.2, 0) is 10.0 Å². The average molecular weight is 289 g/mol. The highest BCUT2D eigenvalue weighted by atomic mass is 35.5. The molecule has 1 atom stereocenters. The highest BCUT2D eigenvalue weighted by Gasteiger charge is 2.22. The van der Waals surface area contributed by atoms with E-state index in [1.807, 2.05) is 0 Å². The lowest BCUT2D eigenvalue weighted by Crippen LogP contribution is -2.24. The molecule has 0 amide bonds. The molecule has 0 saturated carbocycles. The van der Waals surface area contributed by atoms with Crippen molar-refractivity contribution in [2.24, 2.45) is 0 Å². The molecular weight excluding hydrogens is 280 g/mol. The van der Waals surface area contributed by atoms with Crippen LogP contribution < -0.4 is 4.72 Å². The molecule has 0 fully saturated rings. The summed E-state index contributed by atoms with van der Waals surface area (Å²) in [6, 6.07) is 5.27. The zero-order chi connectivity index (χ0) is 13.9. The lowest BCUT2D eigenvalue weighted by molar-refractivity contribution is 0.0698. The lowest BCUT2D eigenvalue weighted by atomic mass is 10.2. The number of rotatable bonds is 4. The Labute approximate surface area is 109 Å².